The zero-order valence-corrected chi connectivity index (χ0v) is 12.4. The van der Waals surface area contributed by atoms with Gasteiger partial charge < -0.3 is 14.6 Å². The lowest BCUT2D eigenvalue weighted by Gasteiger charge is -2.15. The Bertz CT molecular complexity index is 576. The molecule has 2 heterocycles. The molecule has 3 rings (SSSR count). The molecular formula is C14H16BrN3O. The third kappa shape index (κ3) is 2.53. The van der Waals surface area contributed by atoms with Crippen LogP contribution in [0.2, 0.25) is 0 Å². The van der Waals surface area contributed by atoms with Crippen LogP contribution in [0.25, 0.3) is 5.69 Å². The molecule has 0 aliphatic carbocycles. The highest BCUT2D eigenvalue weighted by Crippen LogP contribution is 2.28. The number of benzene rings is 1. The molecular weight excluding hydrogens is 306 g/mol. The molecule has 0 bridgehead atoms. The smallest absolute Gasteiger partial charge is 0.122 e. The number of imidazole rings is 1. The predicted molar refractivity (Wildman–Crippen MR) is 77.8 cm³/mol. The van der Waals surface area contributed by atoms with E-state index in [1.165, 1.54) is 12.1 Å². The van der Waals surface area contributed by atoms with Crippen LogP contribution < -0.4 is 10.1 Å². The number of nitrogens with one attached hydrogen (secondary N) is 1. The molecule has 1 N–H and O–H groups in total. The fraction of sp³-hybridized carbons (Fsp3) is 0.357. The SMILES string of the molecule is COc1cc(Br)cc(-n2cncc2[C@@H]2CCCN2)c1. The van der Waals surface area contributed by atoms with Gasteiger partial charge in [0.1, 0.15) is 5.75 Å². The third-order valence-electron chi connectivity index (χ3n) is 3.45. The molecule has 1 aliphatic rings. The largest absolute Gasteiger partial charge is 0.497 e. The zero-order valence-electron chi connectivity index (χ0n) is 10.8. The fourth-order valence-corrected chi connectivity index (χ4v) is 2.98. The van der Waals surface area contributed by atoms with Gasteiger partial charge in [-0.2, -0.15) is 0 Å². The number of methoxy groups -OCH3 is 1. The molecule has 5 heteroatoms. The molecule has 1 aliphatic heterocycles. The summed E-state index contributed by atoms with van der Waals surface area (Å²) in [5.74, 6) is 0.836. The maximum absolute atomic E-state index is 5.32. The van der Waals surface area contributed by atoms with Crippen molar-refractivity contribution in [3.63, 3.8) is 0 Å². The summed E-state index contributed by atoms with van der Waals surface area (Å²) < 4.78 is 8.44. The van der Waals surface area contributed by atoms with Crippen molar-refractivity contribution in [2.45, 2.75) is 18.9 Å². The van der Waals surface area contributed by atoms with E-state index in [4.69, 9.17) is 4.74 Å². The second-order valence-electron chi connectivity index (χ2n) is 4.69. The molecule has 1 fully saturated rings. The predicted octanol–water partition coefficient (Wildman–Crippen LogP) is 3.07. The number of hydrogen-bond acceptors (Lipinski definition) is 3. The molecule has 4 nitrogen and oxygen atoms in total. The highest BCUT2D eigenvalue weighted by molar-refractivity contribution is 9.10. The number of nitrogens with zero attached hydrogens (tertiary/aromatic N) is 2. The Morgan fingerprint density at radius 2 is 2.32 bits per heavy atom. The summed E-state index contributed by atoms with van der Waals surface area (Å²) in [5.41, 5.74) is 2.27. The van der Waals surface area contributed by atoms with Crippen molar-refractivity contribution in [3.05, 3.63) is 40.9 Å². The van der Waals surface area contributed by atoms with E-state index in [2.05, 4.69) is 36.9 Å². The van der Waals surface area contributed by atoms with Crippen molar-refractivity contribution >= 4 is 15.9 Å². The van der Waals surface area contributed by atoms with E-state index in [9.17, 15) is 0 Å². The van der Waals surface area contributed by atoms with Crippen molar-refractivity contribution in [2.75, 3.05) is 13.7 Å². The van der Waals surface area contributed by atoms with E-state index < -0.39 is 0 Å². The quantitative estimate of drug-likeness (QED) is 0.944. The van der Waals surface area contributed by atoms with Crippen LogP contribution in [0.1, 0.15) is 24.6 Å². The molecule has 1 atom stereocenters. The summed E-state index contributed by atoms with van der Waals surface area (Å²) in [6, 6.07) is 6.44. The van der Waals surface area contributed by atoms with Crippen molar-refractivity contribution in [2.24, 2.45) is 0 Å². The van der Waals surface area contributed by atoms with Crippen LogP contribution in [0.4, 0.5) is 0 Å². The maximum atomic E-state index is 5.32. The van der Waals surface area contributed by atoms with Gasteiger partial charge >= 0.3 is 0 Å². The molecule has 1 aromatic heterocycles. The standard InChI is InChI=1S/C14H16BrN3O/c1-19-12-6-10(15)5-11(7-12)18-9-16-8-14(18)13-3-2-4-17-13/h5-9,13,17H,2-4H2,1H3/t13-/m0/s1. The Morgan fingerprint density at radius 3 is 3.05 bits per heavy atom. The van der Waals surface area contributed by atoms with Gasteiger partial charge in [0, 0.05) is 16.6 Å². The summed E-state index contributed by atoms with van der Waals surface area (Å²) in [6.45, 7) is 1.08. The Balaban J connectivity index is 2.02. The van der Waals surface area contributed by atoms with Crippen LogP contribution in [0, 0.1) is 0 Å². The lowest BCUT2D eigenvalue weighted by Crippen LogP contribution is -2.16. The molecule has 0 unspecified atom stereocenters. The van der Waals surface area contributed by atoms with Gasteiger partial charge in [0.15, 0.2) is 0 Å². The average Bonchev–Trinajstić information content (AvgIpc) is 3.08. The Labute approximate surface area is 120 Å². The van der Waals surface area contributed by atoms with Crippen molar-refractivity contribution in [1.82, 2.24) is 14.9 Å². The van der Waals surface area contributed by atoms with E-state index in [0.29, 0.717) is 6.04 Å². The zero-order chi connectivity index (χ0) is 13.2. The van der Waals surface area contributed by atoms with Crippen molar-refractivity contribution in [1.29, 1.82) is 0 Å². The van der Waals surface area contributed by atoms with Gasteiger partial charge in [-0.05, 0) is 31.5 Å². The highest BCUT2D eigenvalue weighted by atomic mass is 79.9. The first-order valence-electron chi connectivity index (χ1n) is 6.38. The van der Waals surface area contributed by atoms with Gasteiger partial charge in [-0.15, -0.1) is 0 Å². The first-order valence-corrected chi connectivity index (χ1v) is 7.18. The highest BCUT2D eigenvalue weighted by Gasteiger charge is 2.20. The second-order valence-corrected chi connectivity index (χ2v) is 5.60. The van der Waals surface area contributed by atoms with E-state index in [1.807, 2.05) is 24.7 Å². The lowest BCUT2D eigenvalue weighted by atomic mass is 10.1. The van der Waals surface area contributed by atoms with Gasteiger partial charge in [-0.1, -0.05) is 15.9 Å². The van der Waals surface area contributed by atoms with E-state index >= 15 is 0 Å². The topological polar surface area (TPSA) is 39.1 Å². The summed E-state index contributed by atoms with van der Waals surface area (Å²) in [4.78, 5) is 4.30. The first-order chi connectivity index (χ1) is 9.28. The monoisotopic (exact) mass is 321 g/mol. The molecule has 0 saturated carbocycles. The minimum Gasteiger partial charge on any atom is -0.497 e. The summed E-state index contributed by atoms with van der Waals surface area (Å²) in [7, 11) is 1.68. The van der Waals surface area contributed by atoms with Crippen LogP contribution in [-0.2, 0) is 0 Å². The molecule has 0 radical (unpaired) electrons. The van der Waals surface area contributed by atoms with Crippen LogP contribution in [0.3, 0.4) is 0 Å². The molecule has 19 heavy (non-hydrogen) atoms. The summed E-state index contributed by atoms with van der Waals surface area (Å²) >= 11 is 3.52. The van der Waals surface area contributed by atoms with Crippen LogP contribution in [-0.4, -0.2) is 23.2 Å². The van der Waals surface area contributed by atoms with E-state index in [-0.39, 0.29) is 0 Å². The second kappa shape index (κ2) is 5.35. The van der Waals surface area contributed by atoms with Crippen LogP contribution in [0.15, 0.2) is 35.2 Å². The maximum Gasteiger partial charge on any atom is 0.122 e. The molecule has 0 spiro atoms. The summed E-state index contributed by atoms with van der Waals surface area (Å²) in [6.07, 6.45) is 6.18. The van der Waals surface area contributed by atoms with Crippen molar-refractivity contribution in [3.8, 4) is 11.4 Å². The minimum atomic E-state index is 0.396. The van der Waals surface area contributed by atoms with E-state index in [1.54, 1.807) is 7.11 Å². The minimum absolute atomic E-state index is 0.396. The number of rotatable bonds is 3. The van der Waals surface area contributed by atoms with Gasteiger partial charge in [-0.25, -0.2) is 4.98 Å². The molecule has 0 amide bonds. The number of halogens is 1. The summed E-state index contributed by atoms with van der Waals surface area (Å²) in [5, 5.41) is 3.51. The van der Waals surface area contributed by atoms with E-state index in [0.717, 1.165) is 28.9 Å². The normalized spacial score (nSPS) is 18.7. The number of hydrogen-bond donors (Lipinski definition) is 1. The molecule has 100 valence electrons. The molecule has 1 aromatic carbocycles. The van der Waals surface area contributed by atoms with Gasteiger partial charge in [0.2, 0.25) is 0 Å². The average molecular weight is 322 g/mol. The van der Waals surface area contributed by atoms with Gasteiger partial charge in [0.05, 0.1) is 31.0 Å². The first kappa shape index (κ1) is 12.7. The van der Waals surface area contributed by atoms with Gasteiger partial charge in [-0.3, -0.25) is 0 Å². The lowest BCUT2D eigenvalue weighted by molar-refractivity contribution is 0.414. The van der Waals surface area contributed by atoms with Gasteiger partial charge in [0.25, 0.3) is 0 Å². The third-order valence-corrected chi connectivity index (χ3v) is 3.91. The number of aromatic nitrogens is 2. The Hall–Kier alpha value is -1.33. The van der Waals surface area contributed by atoms with Crippen LogP contribution in [0.5, 0.6) is 5.75 Å². The number of ether oxygens (including phenoxy) is 1. The Morgan fingerprint density at radius 1 is 1.42 bits per heavy atom. The fourth-order valence-electron chi connectivity index (χ4n) is 2.52. The van der Waals surface area contributed by atoms with Crippen LogP contribution >= 0.6 is 15.9 Å². The molecule has 1 saturated heterocycles. The van der Waals surface area contributed by atoms with Crippen molar-refractivity contribution < 1.29 is 4.74 Å². The Kier molecular flexibility index (Phi) is 3.57. The molecule has 2 aromatic rings.